The van der Waals surface area contributed by atoms with Gasteiger partial charge in [0.2, 0.25) is 0 Å². The molecule has 0 aromatic heterocycles. The Bertz CT molecular complexity index is 1210. The molecule has 180 valence electrons. The van der Waals surface area contributed by atoms with Crippen LogP contribution >= 0.6 is 11.6 Å². The number of hydrogen-bond donors (Lipinski definition) is 2. The average molecular weight is 486 g/mol. The Labute approximate surface area is 213 Å². The molecule has 0 amide bonds. The minimum atomic E-state index is -1.48. The van der Waals surface area contributed by atoms with Gasteiger partial charge in [-0.25, -0.2) is 0 Å². The molecule has 4 heteroatoms. The molecule has 0 spiro atoms. The topological polar surface area (TPSA) is 43.7 Å². The zero-order valence-electron chi connectivity index (χ0n) is 20.0. The van der Waals surface area contributed by atoms with E-state index in [9.17, 15) is 10.2 Å². The molecule has 3 nitrogen and oxygen atoms in total. The van der Waals surface area contributed by atoms with E-state index in [4.69, 9.17) is 11.6 Å². The van der Waals surface area contributed by atoms with Crippen molar-refractivity contribution in [1.82, 2.24) is 4.90 Å². The quantitative estimate of drug-likeness (QED) is 0.276. The highest BCUT2D eigenvalue weighted by molar-refractivity contribution is 6.33. The summed E-state index contributed by atoms with van der Waals surface area (Å²) in [6, 6.07) is 35.3. The maximum Gasteiger partial charge on any atom is 0.121 e. The molecule has 35 heavy (non-hydrogen) atoms. The molecule has 0 aliphatic heterocycles. The van der Waals surface area contributed by atoms with Gasteiger partial charge in [0.25, 0.3) is 0 Å². The number of benzene rings is 4. The summed E-state index contributed by atoms with van der Waals surface area (Å²) in [5.41, 5.74) is 3.18. The van der Waals surface area contributed by atoms with Crippen LogP contribution in [0.25, 0.3) is 11.1 Å². The van der Waals surface area contributed by atoms with Gasteiger partial charge >= 0.3 is 0 Å². The summed E-state index contributed by atoms with van der Waals surface area (Å²) in [6.07, 6.45) is -0.754. The first-order chi connectivity index (χ1) is 17.0. The molecule has 0 aliphatic carbocycles. The first kappa shape index (κ1) is 25.2. The van der Waals surface area contributed by atoms with Crippen LogP contribution in [-0.4, -0.2) is 34.3 Å². The van der Waals surface area contributed by atoms with Crippen LogP contribution in [0.1, 0.15) is 23.6 Å². The number of nitrogens with zero attached hydrogens (tertiary/aromatic N) is 1. The Hall–Kier alpha value is -2.95. The maximum atomic E-state index is 12.1. The second-order valence-corrected chi connectivity index (χ2v) is 9.34. The van der Waals surface area contributed by atoms with Crippen molar-refractivity contribution in [2.75, 3.05) is 13.1 Å². The van der Waals surface area contributed by atoms with Crippen molar-refractivity contribution < 1.29 is 10.2 Å². The largest absolute Gasteiger partial charge is 0.388 e. The van der Waals surface area contributed by atoms with Gasteiger partial charge in [0.05, 0.1) is 6.10 Å². The number of aliphatic hydroxyl groups excluding tert-OH is 1. The van der Waals surface area contributed by atoms with E-state index in [2.05, 4.69) is 24.0 Å². The first-order valence-corrected chi connectivity index (χ1v) is 12.4. The summed E-state index contributed by atoms with van der Waals surface area (Å²) < 4.78 is 0. The van der Waals surface area contributed by atoms with Gasteiger partial charge < -0.3 is 10.2 Å². The Morgan fingerprint density at radius 1 is 0.771 bits per heavy atom. The predicted molar refractivity (Wildman–Crippen MR) is 144 cm³/mol. The van der Waals surface area contributed by atoms with Crippen molar-refractivity contribution in [3.8, 4) is 11.1 Å². The number of likely N-dealkylation sites (N-methyl/N-ethyl adjacent to an activating group) is 1. The summed E-state index contributed by atoms with van der Waals surface area (Å²) >= 11 is 6.53. The fraction of sp³-hybridized carbons (Fsp3) is 0.226. The van der Waals surface area contributed by atoms with Gasteiger partial charge in [0.1, 0.15) is 5.60 Å². The zero-order chi connectivity index (χ0) is 24.7. The molecule has 0 fully saturated rings. The summed E-state index contributed by atoms with van der Waals surface area (Å²) in [4.78, 5) is 2.16. The van der Waals surface area contributed by atoms with Gasteiger partial charge in [-0.3, -0.25) is 4.90 Å². The smallest absolute Gasteiger partial charge is 0.121 e. The van der Waals surface area contributed by atoms with E-state index in [1.54, 1.807) is 0 Å². The fourth-order valence-corrected chi connectivity index (χ4v) is 4.83. The lowest BCUT2D eigenvalue weighted by molar-refractivity contribution is -0.0921. The summed E-state index contributed by atoms with van der Waals surface area (Å²) in [7, 11) is 0. The highest BCUT2D eigenvalue weighted by atomic mass is 35.5. The maximum absolute atomic E-state index is 12.1. The number of hydrogen-bond acceptors (Lipinski definition) is 3. The number of halogens is 1. The molecular formula is C31H32ClNO2. The molecule has 0 heterocycles. The molecule has 0 saturated carbocycles. The lowest BCUT2D eigenvalue weighted by Gasteiger charge is -2.37. The van der Waals surface area contributed by atoms with E-state index in [0.29, 0.717) is 23.7 Å². The van der Waals surface area contributed by atoms with Crippen molar-refractivity contribution in [3.63, 3.8) is 0 Å². The summed E-state index contributed by atoms with van der Waals surface area (Å²) in [5, 5.41) is 24.4. The minimum absolute atomic E-state index is 0.252. The molecule has 0 saturated heterocycles. The molecule has 2 N–H and O–H groups in total. The van der Waals surface area contributed by atoms with Crippen molar-refractivity contribution >= 4 is 11.6 Å². The van der Waals surface area contributed by atoms with Gasteiger partial charge in [-0.05, 0) is 34.9 Å². The Morgan fingerprint density at radius 2 is 1.34 bits per heavy atom. The third-order valence-corrected chi connectivity index (χ3v) is 6.92. The first-order valence-electron chi connectivity index (χ1n) is 12.1. The monoisotopic (exact) mass is 485 g/mol. The Balaban J connectivity index is 1.67. The number of rotatable bonds is 10. The van der Waals surface area contributed by atoms with Gasteiger partial charge in [-0.1, -0.05) is 122 Å². The van der Waals surface area contributed by atoms with Crippen LogP contribution in [0.5, 0.6) is 0 Å². The van der Waals surface area contributed by atoms with E-state index < -0.39 is 11.7 Å². The third kappa shape index (κ3) is 6.01. The number of aliphatic hydroxyl groups is 2. The molecular weight excluding hydrogens is 454 g/mol. The van der Waals surface area contributed by atoms with Crippen LogP contribution in [-0.2, 0) is 18.6 Å². The van der Waals surface area contributed by atoms with Gasteiger partial charge in [0.15, 0.2) is 0 Å². The highest BCUT2D eigenvalue weighted by Crippen LogP contribution is 2.36. The zero-order valence-corrected chi connectivity index (χ0v) is 20.8. The van der Waals surface area contributed by atoms with Crippen LogP contribution in [0.15, 0.2) is 109 Å². The van der Waals surface area contributed by atoms with Gasteiger partial charge in [-0.15, -0.1) is 0 Å². The lowest BCUT2D eigenvalue weighted by atomic mass is 9.80. The van der Waals surface area contributed by atoms with E-state index in [0.717, 1.165) is 23.2 Å². The molecule has 0 bridgehead atoms. The van der Waals surface area contributed by atoms with Crippen molar-refractivity contribution in [3.05, 3.63) is 131 Å². The van der Waals surface area contributed by atoms with Crippen molar-refractivity contribution in [1.29, 1.82) is 0 Å². The fourth-order valence-electron chi connectivity index (χ4n) is 4.59. The van der Waals surface area contributed by atoms with Crippen LogP contribution in [0.4, 0.5) is 0 Å². The van der Waals surface area contributed by atoms with Gasteiger partial charge in [0, 0.05) is 30.1 Å². The standard InChI is InChI=1S/C31H32ClNO2/c1-2-33(22-24-13-5-3-6-14-24)23-30(34)31(35,26-16-7-4-8-17-26)21-25-15-9-10-18-27(25)28-19-11-12-20-29(28)32/h3-20,30,34-35H,2,21-23H2,1H3/t30?,31-/m1/s1. The molecule has 0 aliphatic rings. The molecule has 4 rings (SSSR count). The predicted octanol–water partition coefficient (Wildman–Crippen LogP) is 6.32. The third-order valence-electron chi connectivity index (χ3n) is 6.59. The normalized spacial score (nSPS) is 14.0. The average Bonchev–Trinajstić information content (AvgIpc) is 2.90. The molecule has 4 aromatic carbocycles. The van der Waals surface area contributed by atoms with Crippen LogP contribution in [0.2, 0.25) is 5.02 Å². The second-order valence-electron chi connectivity index (χ2n) is 8.93. The summed E-state index contributed by atoms with van der Waals surface area (Å²) in [5.74, 6) is 0. The van der Waals surface area contributed by atoms with E-state index in [1.165, 1.54) is 5.56 Å². The van der Waals surface area contributed by atoms with E-state index >= 15 is 0 Å². The Kier molecular flexibility index (Phi) is 8.37. The molecule has 1 unspecified atom stereocenters. The molecule has 2 atom stereocenters. The summed E-state index contributed by atoms with van der Waals surface area (Å²) in [6.45, 7) is 3.87. The SMILES string of the molecule is CCN(Cc1ccccc1)CC(O)[C@@](O)(Cc1ccccc1-c1ccccc1Cl)c1ccccc1. The van der Waals surface area contributed by atoms with Gasteiger partial charge in [-0.2, -0.15) is 0 Å². The molecule has 4 aromatic rings. The second kappa shape index (κ2) is 11.7. The van der Waals surface area contributed by atoms with E-state index in [1.807, 2.05) is 97.1 Å². The van der Waals surface area contributed by atoms with Crippen LogP contribution in [0, 0.1) is 0 Å². The van der Waals surface area contributed by atoms with Crippen molar-refractivity contribution in [2.45, 2.75) is 31.6 Å². The Morgan fingerprint density at radius 3 is 2.00 bits per heavy atom. The highest BCUT2D eigenvalue weighted by Gasteiger charge is 2.39. The van der Waals surface area contributed by atoms with Crippen LogP contribution < -0.4 is 0 Å². The van der Waals surface area contributed by atoms with Crippen molar-refractivity contribution in [2.24, 2.45) is 0 Å². The lowest BCUT2D eigenvalue weighted by Crippen LogP contribution is -2.48. The van der Waals surface area contributed by atoms with Crippen LogP contribution in [0.3, 0.4) is 0 Å². The van der Waals surface area contributed by atoms with E-state index in [-0.39, 0.29) is 6.42 Å². The minimum Gasteiger partial charge on any atom is -0.388 e. The molecule has 0 radical (unpaired) electrons.